The first kappa shape index (κ1) is 14.0. The Balaban J connectivity index is 2.44. The van der Waals surface area contributed by atoms with Crippen molar-refractivity contribution < 1.29 is 14.3 Å². The number of hydrogen-bond donors (Lipinski definition) is 1. The largest absolute Gasteiger partial charge is 0.368 e. The molecule has 0 aromatic carbocycles. The molecule has 98 valence electrons. The van der Waals surface area contributed by atoms with Crippen molar-refractivity contribution in [3.05, 3.63) is 0 Å². The molecule has 1 saturated heterocycles. The lowest BCUT2D eigenvalue weighted by Gasteiger charge is -2.24. The molecular formula is C12H22N2O3. The van der Waals surface area contributed by atoms with Crippen molar-refractivity contribution in [2.24, 2.45) is 0 Å². The molecule has 5 nitrogen and oxygen atoms in total. The molecule has 1 aliphatic heterocycles. The van der Waals surface area contributed by atoms with Crippen molar-refractivity contribution in [2.75, 3.05) is 19.7 Å². The molecule has 5 heteroatoms. The standard InChI is InChI=1S/C12H22N2O3/c1-4-14(5-2)12(16)9(3)13-11(15)10-7-6-8-17-10/h9-10H,4-8H2,1-3H3,(H,13,15)/t9-,10-/m0/s1. The molecule has 17 heavy (non-hydrogen) atoms. The van der Waals surface area contributed by atoms with Gasteiger partial charge in [-0.15, -0.1) is 0 Å². The average Bonchev–Trinajstić information content (AvgIpc) is 2.83. The number of nitrogens with zero attached hydrogens (tertiary/aromatic N) is 1. The molecule has 0 unspecified atom stereocenters. The quantitative estimate of drug-likeness (QED) is 0.765. The van der Waals surface area contributed by atoms with Gasteiger partial charge in [0.15, 0.2) is 0 Å². The first-order valence-corrected chi connectivity index (χ1v) is 6.30. The second-order valence-electron chi connectivity index (χ2n) is 4.24. The number of rotatable bonds is 5. The summed E-state index contributed by atoms with van der Waals surface area (Å²) in [7, 11) is 0. The molecule has 2 atom stereocenters. The van der Waals surface area contributed by atoms with Crippen molar-refractivity contribution in [3.63, 3.8) is 0 Å². The van der Waals surface area contributed by atoms with Gasteiger partial charge >= 0.3 is 0 Å². The Bertz CT molecular complexity index is 271. The molecular weight excluding hydrogens is 220 g/mol. The van der Waals surface area contributed by atoms with Crippen LogP contribution in [0.25, 0.3) is 0 Å². The van der Waals surface area contributed by atoms with E-state index in [0.717, 1.165) is 12.8 Å². The van der Waals surface area contributed by atoms with Gasteiger partial charge in [-0.25, -0.2) is 0 Å². The maximum atomic E-state index is 11.9. The van der Waals surface area contributed by atoms with Crippen LogP contribution in [-0.2, 0) is 14.3 Å². The summed E-state index contributed by atoms with van der Waals surface area (Å²) in [4.78, 5) is 25.4. The number of likely N-dealkylation sites (N-methyl/N-ethyl adjacent to an activating group) is 1. The molecule has 0 bridgehead atoms. The van der Waals surface area contributed by atoms with Crippen molar-refractivity contribution in [1.82, 2.24) is 10.2 Å². The summed E-state index contributed by atoms with van der Waals surface area (Å²) in [6.45, 7) is 7.53. The average molecular weight is 242 g/mol. The number of hydrogen-bond acceptors (Lipinski definition) is 3. The van der Waals surface area contributed by atoms with Gasteiger partial charge < -0.3 is 15.0 Å². The van der Waals surface area contributed by atoms with Crippen molar-refractivity contribution in [2.45, 2.75) is 45.8 Å². The highest BCUT2D eigenvalue weighted by Gasteiger charge is 2.27. The molecule has 1 heterocycles. The van der Waals surface area contributed by atoms with E-state index < -0.39 is 6.04 Å². The van der Waals surface area contributed by atoms with E-state index in [9.17, 15) is 9.59 Å². The minimum atomic E-state index is -0.480. The molecule has 0 aromatic rings. The fourth-order valence-corrected chi connectivity index (χ4v) is 1.96. The molecule has 1 rings (SSSR count). The van der Waals surface area contributed by atoms with Gasteiger partial charge in [-0.05, 0) is 33.6 Å². The van der Waals surface area contributed by atoms with Gasteiger partial charge in [-0.1, -0.05) is 0 Å². The highest BCUT2D eigenvalue weighted by molar-refractivity contribution is 5.89. The van der Waals surface area contributed by atoms with E-state index in [0.29, 0.717) is 19.7 Å². The van der Waals surface area contributed by atoms with Crippen molar-refractivity contribution in [3.8, 4) is 0 Å². The van der Waals surface area contributed by atoms with Crippen LogP contribution in [0.15, 0.2) is 0 Å². The second-order valence-corrected chi connectivity index (χ2v) is 4.24. The van der Waals surface area contributed by atoms with Gasteiger partial charge in [-0.2, -0.15) is 0 Å². The first-order chi connectivity index (χ1) is 8.10. The number of nitrogens with one attached hydrogen (secondary N) is 1. The number of carbonyl (C=O) groups excluding carboxylic acids is 2. The molecule has 0 aliphatic carbocycles. The van der Waals surface area contributed by atoms with Crippen LogP contribution in [0.1, 0.15) is 33.6 Å². The SMILES string of the molecule is CCN(CC)C(=O)[C@H](C)NC(=O)[C@@H]1CCCO1. The Morgan fingerprint density at radius 3 is 2.53 bits per heavy atom. The maximum absolute atomic E-state index is 11.9. The van der Waals surface area contributed by atoms with Crippen LogP contribution in [0.4, 0.5) is 0 Å². The first-order valence-electron chi connectivity index (χ1n) is 6.30. The number of carbonyl (C=O) groups is 2. The van der Waals surface area contributed by atoms with Gasteiger partial charge in [0.05, 0.1) is 0 Å². The lowest BCUT2D eigenvalue weighted by Crippen LogP contribution is -2.49. The summed E-state index contributed by atoms with van der Waals surface area (Å²) < 4.78 is 5.27. The van der Waals surface area contributed by atoms with E-state index in [1.807, 2.05) is 13.8 Å². The van der Waals surface area contributed by atoms with E-state index >= 15 is 0 Å². The topological polar surface area (TPSA) is 58.6 Å². The minimum absolute atomic E-state index is 0.0404. The Labute approximate surface area is 102 Å². The Morgan fingerprint density at radius 1 is 1.41 bits per heavy atom. The Morgan fingerprint density at radius 2 is 2.06 bits per heavy atom. The summed E-state index contributed by atoms with van der Waals surface area (Å²) >= 11 is 0. The molecule has 1 aliphatic rings. The minimum Gasteiger partial charge on any atom is -0.368 e. The predicted molar refractivity (Wildman–Crippen MR) is 64.5 cm³/mol. The zero-order valence-corrected chi connectivity index (χ0v) is 10.9. The number of ether oxygens (including phenoxy) is 1. The van der Waals surface area contributed by atoms with Crippen LogP contribution < -0.4 is 5.32 Å². The molecule has 1 fully saturated rings. The third-order valence-electron chi connectivity index (χ3n) is 3.03. The summed E-state index contributed by atoms with van der Waals surface area (Å²) in [5, 5.41) is 2.72. The van der Waals surface area contributed by atoms with E-state index in [1.165, 1.54) is 0 Å². The lowest BCUT2D eigenvalue weighted by molar-refractivity contribution is -0.138. The molecule has 1 N–H and O–H groups in total. The number of amides is 2. The van der Waals surface area contributed by atoms with E-state index in [-0.39, 0.29) is 17.9 Å². The van der Waals surface area contributed by atoms with Crippen LogP contribution in [0.2, 0.25) is 0 Å². The lowest BCUT2D eigenvalue weighted by atomic mass is 10.2. The van der Waals surface area contributed by atoms with Crippen molar-refractivity contribution >= 4 is 11.8 Å². The zero-order chi connectivity index (χ0) is 12.8. The highest BCUT2D eigenvalue weighted by Crippen LogP contribution is 2.12. The highest BCUT2D eigenvalue weighted by atomic mass is 16.5. The van der Waals surface area contributed by atoms with Gasteiger partial charge in [-0.3, -0.25) is 9.59 Å². The fourth-order valence-electron chi connectivity index (χ4n) is 1.96. The molecule has 2 amide bonds. The van der Waals surface area contributed by atoms with E-state index in [1.54, 1.807) is 11.8 Å². The third kappa shape index (κ3) is 3.70. The van der Waals surface area contributed by atoms with Gasteiger partial charge in [0, 0.05) is 19.7 Å². The molecule has 0 spiro atoms. The summed E-state index contributed by atoms with van der Waals surface area (Å²) in [6.07, 6.45) is 1.29. The van der Waals surface area contributed by atoms with Gasteiger partial charge in [0.2, 0.25) is 11.8 Å². The van der Waals surface area contributed by atoms with Gasteiger partial charge in [0.25, 0.3) is 0 Å². The molecule has 0 saturated carbocycles. The van der Waals surface area contributed by atoms with Crippen LogP contribution in [0.5, 0.6) is 0 Å². The van der Waals surface area contributed by atoms with Crippen LogP contribution in [0, 0.1) is 0 Å². The monoisotopic (exact) mass is 242 g/mol. The summed E-state index contributed by atoms with van der Waals surface area (Å²) in [6, 6.07) is -0.480. The molecule has 0 aromatic heterocycles. The Hall–Kier alpha value is -1.10. The molecule has 0 radical (unpaired) electrons. The van der Waals surface area contributed by atoms with Crippen LogP contribution in [-0.4, -0.2) is 48.6 Å². The maximum Gasteiger partial charge on any atom is 0.249 e. The summed E-state index contributed by atoms with van der Waals surface area (Å²) in [5.74, 6) is -0.211. The second kappa shape index (κ2) is 6.59. The smallest absolute Gasteiger partial charge is 0.249 e. The fraction of sp³-hybridized carbons (Fsp3) is 0.833. The van der Waals surface area contributed by atoms with E-state index in [2.05, 4.69) is 5.32 Å². The van der Waals surface area contributed by atoms with E-state index in [4.69, 9.17) is 4.74 Å². The van der Waals surface area contributed by atoms with Crippen molar-refractivity contribution in [1.29, 1.82) is 0 Å². The predicted octanol–water partition coefficient (Wildman–Crippen LogP) is 0.539. The third-order valence-corrected chi connectivity index (χ3v) is 3.03. The van der Waals surface area contributed by atoms with Crippen LogP contribution in [0.3, 0.4) is 0 Å². The normalized spacial score (nSPS) is 21.0. The zero-order valence-electron chi connectivity index (χ0n) is 10.9. The Kier molecular flexibility index (Phi) is 5.41. The van der Waals surface area contributed by atoms with Gasteiger partial charge in [0.1, 0.15) is 12.1 Å². The van der Waals surface area contributed by atoms with Crippen LogP contribution >= 0.6 is 0 Å². The summed E-state index contributed by atoms with van der Waals surface area (Å²) in [5.41, 5.74) is 0.